The molecule has 1 saturated heterocycles. The summed E-state index contributed by atoms with van der Waals surface area (Å²) in [5, 5.41) is 4.05. The number of nitrogens with one attached hydrogen (secondary N) is 1. The van der Waals surface area contributed by atoms with E-state index in [0.717, 1.165) is 42.0 Å². The van der Waals surface area contributed by atoms with Gasteiger partial charge < -0.3 is 10.2 Å². The first-order valence-electron chi connectivity index (χ1n) is 7.99. The molecule has 0 spiro atoms. The highest BCUT2D eigenvalue weighted by atomic mass is 79.9. The zero-order chi connectivity index (χ0) is 17.8. The number of hydrogen-bond donors (Lipinski definition) is 1. The number of nitrogens with zero attached hydrogens (tertiary/aromatic N) is 2. The zero-order valence-electron chi connectivity index (χ0n) is 13.5. The molecule has 0 aromatic heterocycles. The number of rotatable bonds is 4. The molecule has 1 amide bonds. The fourth-order valence-electron chi connectivity index (χ4n) is 2.78. The van der Waals surface area contributed by atoms with E-state index in [-0.39, 0.29) is 5.91 Å². The summed E-state index contributed by atoms with van der Waals surface area (Å²) in [7, 11) is 0. The van der Waals surface area contributed by atoms with Crippen LogP contribution < -0.4 is 10.2 Å². The fraction of sp³-hybridized carbons (Fsp3) is 0.278. The fourth-order valence-corrected chi connectivity index (χ4v) is 3.34. The van der Waals surface area contributed by atoms with Gasteiger partial charge in [-0.3, -0.25) is 9.69 Å². The van der Waals surface area contributed by atoms with Gasteiger partial charge in [-0.05, 0) is 42.5 Å². The second kappa shape index (κ2) is 8.41. The Morgan fingerprint density at radius 2 is 1.68 bits per heavy atom. The largest absolute Gasteiger partial charge is 0.369 e. The minimum absolute atomic E-state index is 0.00492. The molecule has 132 valence electrons. The molecule has 0 radical (unpaired) electrons. The van der Waals surface area contributed by atoms with Crippen LogP contribution in [0.1, 0.15) is 0 Å². The van der Waals surface area contributed by atoms with Crippen LogP contribution in [0.4, 0.5) is 11.4 Å². The van der Waals surface area contributed by atoms with Crippen molar-refractivity contribution in [1.82, 2.24) is 4.90 Å². The van der Waals surface area contributed by atoms with E-state index in [9.17, 15) is 4.79 Å². The lowest BCUT2D eigenvalue weighted by Gasteiger charge is -2.35. The van der Waals surface area contributed by atoms with Crippen molar-refractivity contribution in [2.45, 2.75) is 0 Å². The van der Waals surface area contributed by atoms with Crippen molar-refractivity contribution < 1.29 is 4.79 Å². The average molecular weight is 443 g/mol. The van der Waals surface area contributed by atoms with E-state index in [1.54, 1.807) is 0 Å². The molecule has 3 rings (SSSR count). The van der Waals surface area contributed by atoms with Crippen LogP contribution in [0.5, 0.6) is 0 Å². The van der Waals surface area contributed by atoms with E-state index in [2.05, 4.69) is 31.0 Å². The van der Waals surface area contributed by atoms with Crippen LogP contribution in [0.2, 0.25) is 10.0 Å². The van der Waals surface area contributed by atoms with Gasteiger partial charge in [-0.2, -0.15) is 0 Å². The van der Waals surface area contributed by atoms with E-state index in [1.165, 1.54) is 0 Å². The van der Waals surface area contributed by atoms with E-state index in [1.807, 2.05) is 42.5 Å². The van der Waals surface area contributed by atoms with E-state index < -0.39 is 0 Å². The zero-order valence-corrected chi connectivity index (χ0v) is 16.6. The molecule has 1 aliphatic rings. The van der Waals surface area contributed by atoms with Crippen molar-refractivity contribution in [2.75, 3.05) is 42.9 Å². The number of amides is 1. The monoisotopic (exact) mass is 441 g/mol. The van der Waals surface area contributed by atoms with Crippen LogP contribution in [0.25, 0.3) is 0 Å². The number of benzene rings is 2. The van der Waals surface area contributed by atoms with Crippen molar-refractivity contribution in [3.8, 4) is 0 Å². The summed E-state index contributed by atoms with van der Waals surface area (Å²) in [6.07, 6.45) is 0. The van der Waals surface area contributed by atoms with Crippen molar-refractivity contribution in [2.24, 2.45) is 0 Å². The van der Waals surface area contributed by atoms with E-state index in [4.69, 9.17) is 23.2 Å². The summed E-state index contributed by atoms with van der Waals surface area (Å²) < 4.78 is 0.990. The van der Waals surface area contributed by atoms with Crippen LogP contribution in [0, 0.1) is 0 Å². The molecule has 7 heteroatoms. The van der Waals surface area contributed by atoms with Crippen molar-refractivity contribution in [1.29, 1.82) is 0 Å². The molecule has 0 unspecified atom stereocenters. The normalized spacial score (nSPS) is 15.2. The van der Waals surface area contributed by atoms with E-state index in [0.29, 0.717) is 16.6 Å². The van der Waals surface area contributed by atoms with Gasteiger partial charge in [0.15, 0.2) is 0 Å². The van der Waals surface area contributed by atoms with Gasteiger partial charge in [0.25, 0.3) is 0 Å². The summed E-state index contributed by atoms with van der Waals surface area (Å²) in [6.45, 7) is 3.75. The highest BCUT2D eigenvalue weighted by molar-refractivity contribution is 9.10. The van der Waals surface area contributed by atoms with Gasteiger partial charge in [0, 0.05) is 42.0 Å². The van der Waals surface area contributed by atoms with Gasteiger partial charge >= 0.3 is 0 Å². The molecule has 1 fully saturated rings. The van der Waals surface area contributed by atoms with Crippen molar-refractivity contribution >= 4 is 56.4 Å². The first kappa shape index (κ1) is 18.5. The number of carbonyl (C=O) groups is 1. The Kier molecular flexibility index (Phi) is 6.23. The Morgan fingerprint density at radius 3 is 2.32 bits per heavy atom. The Morgan fingerprint density at radius 1 is 1.00 bits per heavy atom. The number of anilines is 2. The van der Waals surface area contributed by atoms with Crippen LogP contribution in [0.3, 0.4) is 0 Å². The maximum Gasteiger partial charge on any atom is 0.238 e. The molecular weight excluding hydrogens is 425 g/mol. The molecule has 4 nitrogen and oxygen atoms in total. The lowest BCUT2D eigenvalue weighted by molar-refractivity contribution is -0.117. The predicted molar refractivity (Wildman–Crippen MR) is 108 cm³/mol. The maximum atomic E-state index is 12.2. The van der Waals surface area contributed by atoms with Crippen LogP contribution in [-0.2, 0) is 4.79 Å². The molecule has 0 atom stereocenters. The minimum Gasteiger partial charge on any atom is -0.369 e. The highest BCUT2D eigenvalue weighted by Gasteiger charge is 2.19. The summed E-state index contributed by atoms with van der Waals surface area (Å²) in [6, 6.07) is 13.3. The minimum atomic E-state index is 0.00492. The maximum absolute atomic E-state index is 12.2. The molecule has 1 aliphatic heterocycles. The molecule has 2 aromatic rings. The predicted octanol–water partition coefficient (Wildman–Crippen LogP) is 4.52. The standard InChI is InChI=1S/C18H18BrCl2N3O/c19-13-1-3-14(4-2-13)22-18(25)12-23-7-9-24(10-8-23)15-5-6-16(20)17(21)11-15/h1-6,11H,7-10,12H2,(H,22,25). The quantitative estimate of drug-likeness (QED) is 0.756. The number of piperazine rings is 1. The Labute approximate surface area is 165 Å². The lowest BCUT2D eigenvalue weighted by Crippen LogP contribution is -2.48. The third kappa shape index (κ3) is 5.11. The Balaban J connectivity index is 1.49. The Bertz CT molecular complexity index is 746. The van der Waals surface area contributed by atoms with Crippen LogP contribution >= 0.6 is 39.1 Å². The van der Waals surface area contributed by atoms with Gasteiger partial charge in [0.05, 0.1) is 16.6 Å². The van der Waals surface area contributed by atoms with Gasteiger partial charge in [0.2, 0.25) is 5.91 Å². The van der Waals surface area contributed by atoms with Crippen molar-refractivity contribution in [3.63, 3.8) is 0 Å². The number of halogens is 3. The van der Waals surface area contributed by atoms with Crippen LogP contribution in [-0.4, -0.2) is 43.5 Å². The third-order valence-corrected chi connectivity index (χ3v) is 5.40. The SMILES string of the molecule is O=C(CN1CCN(c2ccc(Cl)c(Cl)c2)CC1)Nc1ccc(Br)cc1. The van der Waals surface area contributed by atoms with E-state index >= 15 is 0 Å². The second-order valence-corrected chi connectivity index (χ2v) is 7.65. The van der Waals surface area contributed by atoms with Gasteiger partial charge in [-0.1, -0.05) is 39.1 Å². The summed E-state index contributed by atoms with van der Waals surface area (Å²) >= 11 is 15.4. The third-order valence-electron chi connectivity index (χ3n) is 4.14. The number of carbonyl (C=O) groups excluding carboxylic acids is 1. The Hall–Kier alpha value is -1.27. The summed E-state index contributed by atoms with van der Waals surface area (Å²) in [5.74, 6) is 0.00492. The van der Waals surface area contributed by atoms with Gasteiger partial charge in [0.1, 0.15) is 0 Å². The molecular formula is C18H18BrCl2N3O. The molecule has 0 bridgehead atoms. The summed E-state index contributed by atoms with van der Waals surface area (Å²) in [4.78, 5) is 16.6. The second-order valence-electron chi connectivity index (χ2n) is 5.92. The van der Waals surface area contributed by atoms with Crippen molar-refractivity contribution in [3.05, 3.63) is 57.0 Å². The molecule has 25 heavy (non-hydrogen) atoms. The molecule has 1 heterocycles. The number of hydrogen-bond acceptors (Lipinski definition) is 3. The smallest absolute Gasteiger partial charge is 0.238 e. The molecule has 2 aromatic carbocycles. The van der Waals surface area contributed by atoms with Gasteiger partial charge in [-0.25, -0.2) is 0 Å². The molecule has 0 aliphatic carbocycles. The first-order chi connectivity index (χ1) is 12.0. The van der Waals surface area contributed by atoms with Gasteiger partial charge in [-0.15, -0.1) is 0 Å². The molecule has 0 saturated carbocycles. The molecule has 1 N–H and O–H groups in total. The van der Waals surface area contributed by atoms with Crippen LogP contribution in [0.15, 0.2) is 46.9 Å². The average Bonchev–Trinajstić information content (AvgIpc) is 2.60. The topological polar surface area (TPSA) is 35.6 Å². The highest BCUT2D eigenvalue weighted by Crippen LogP contribution is 2.27. The lowest BCUT2D eigenvalue weighted by atomic mass is 10.2. The first-order valence-corrected chi connectivity index (χ1v) is 9.54. The summed E-state index contributed by atoms with van der Waals surface area (Å²) in [5.41, 5.74) is 1.87.